The van der Waals surface area contributed by atoms with Gasteiger partial charge in [0.15, 0.2) is 0 Å². The summed E-state index contributed by atoms with van der Waals surface area (Å²) in [4.78, 5) is 0. The molecule has 1 rings (SSSR count). The van der Waals surface area contributed by atoms with E-state index in [2.05, 4.69) is 54.0 Å². The third-order valence-corrected chi connectivity index (χ3v) is 4.29. The van der Waals surface area contributed by atoms with E-state index in [1.165, 1.54) is 29.3 Å². The van der Waals surface area contributed by atoms with Gasteiger partial charge in [-0.05, 0) is 36.3 Å². The van der Waals surface area contributed by atoms with E-state index in [0.717, 1.165) is 18.2 Å². The molecule has 1 atom stereocenters. The van der Waals surface area contributed by atoms with Crippen LogP contribution in [0.5, 0.6) is 0 Å². The quantitative estimate of drug-likeness (QED) is 0.568. The fourth-order valence-corrected chi connectivity index (χ4v) is 2.73. The van der Waals surface area contributed by atoms with Crippen LogP contribution in [0.4, 0.5) is 0 Å². The number of hydrogen-bond acceptors (Lipinski definition) is 0. The summed E-state index contributed by atoms with van der Waals surface area (Å²) < 4.78 is 1.21. The van der Waals surface area contributed by atoms with E-state index >= 15 is 0 Å². The highest BCUT2D eigenvalue weighted by molar-refractivity contribution is 9.10. The van der Waals surface area contributed by atoms with Crippen LogP contribution >= 0.6 is 27.5 Å². The van der Waals surface area contributed by atoms with E-state index in [1.807, 2.05) is 0 Å². The van der Waals surface area contributed by atoms with E-state index < -0.39 is 0 Å². The summed E-state index contributed by atoms with van der Waals surface area (Å²) in [5.41, 5.74) is 1.38. The number of rotatable bonds is 7. The SMILES string of the molecule is CC(C)CCCC(CCl)Cc1ccccc1Br. The number of benzene rings is 1. The molecule has 0 nitrogen and oxygen atoms in total. The van der Waals surface area contributed by atoms with E-state index in [0.29, 0.717) is 5.92 Å². The molecule has 0 aromatic heterocycles. The van der Waals surface area contributed by atoms with Gasteiger partial charge in [0.1, 0.15) is 0 Å². The highest BCUT2D eigenvalue weighted by atomic mass is 79.9. The highest BCUT2D eigenvalue weighted by Gasteiger charge is 2.10. The normalized spacial score (nSPS) is 13.0. The molecule has 17 heavy (non-hydrogen) atoms. The van der Waals surface area contributed by atoms with Crippen LogP contribution in [0, 0.1) is 11.8 Å². The molecule has 0 amide bonds. The van der Waals surface area contributed by atoms with Gasteiger partial charge < -0.3 is 0 Å². The molecule has 0 radical (unpaired) electrons. The van der Waals surface area contributed by atoms with Gasteiger partial charge in [-0.25, -0.2) is 0 Å². The molecule has 0 aliphatic heterocycles. The van der Waals surface area contributed by atoms with E-state index in [-0.39, 0.29) is 0 Å². The highest BCUT2D eigenvalue weighted by Crippen LogP contribution is 2.23. The third-order valence-electron chi connectivity index (χ3n) is 3.08. The second-order valence-electron chi connectivity index (χ2n) is 5.14. The molecule has 1 unspecified atom stereocenters. The van der Waals surface area contributed by atoms with Crippen molar-refractivity contribution in [3.05, 3.63) is 34.3 Å². The van der Waals surface area contributed by atoms with Crippen LogP contribution in [-0.4, -0.2) is 5.88 Å². The Morgan fingerprint density at radius 1 is 1.18 bits per heavy atom. The van der Waals surface area contributed by atoms with Crippen LogP contribution in [0.1, 0.15) is 38.7 Å². The number of halogens is 2. The Balaban J connectivity index is 2.44. The molecule has 0 heterocycles. The Labute approximate surface area is 119 Å². The van der Waals surface area contributed by atoms with Gasteiger partial charge in [0.2, 0.25) is 0 Å². The van der Waals surface area contributed by atoms with Crippen molar-refractivity contribution >= 4 is 27.5 Å². The summed E-state index contributed by atoms with van der Waals surface area (Å²) in [6, 6.07) is 8.45. The smallest absolute Gasteiger partial charge is 0.0254 e. The zero-order valence-electron chi connectivity index (χ0n) is 10.8. The summed E-state index contributed by atoms with van der Waals surface area (Å²) in [5, 5.41) is 0. The molecule has 0 spiro atoms. The van der Waals surface area contributed by atoms with Crippen molar-refractivity contribution in [3.8, 4) is 0 Å². The van der Waals surface area contributed by atoms with Gasteiger partial charge in [0, 0.05) is 10.4 Å². The number of hydrogen-bond donors (Lipinski definition) is 0. The lowest BCUT2D eigenvalue weighted by molar-refractivity contribution is 0.459. The van der Waals surface area contributed by atoms with Gasteiger partial charge in [-0.15, -0.1) is 11.6 Å². The summed E-state index contributed by atoms with van der Waals surface area (Å²) >= 11 is 9.67. The second kappa shape index (κ2) is 8.16. The summed E-state index contributed by atoms with van der Waals surface area (Å²) in [5.74, 6) is 2.17. The Bertz CT molecular complexity index is 322. The Hall–Kier alpha value is -0.0100. The molecule has 0 aliphatic rings. The summed E-state index contributed by atoms with van der Waals surface area (Å²) in [7, 11) is 0. The average molecular weight is 318 g/mol. The molecule has 2 heteroatoms. The van der Waals surface area contributed by atoms with Crippen molar-refractivity contribution in [1.29, 1.82) is 0 Å². The van der Waals surface area contributed by atoms with Crippen LogP contribution in [0.25, 0.3) is 0 Å². The van der Waals surface area contributed by atoms with Crippen LogP contribution < -0.4 is 0 Å². The maximum absolute atomic E-state index is 6.07. The van der Waals surface area contributed by atoms with E-state index in [4.69, 9.17) is 11.6 Å². The first-order valence-electron chi connectivity index (χ1n) is 6.42. The van der Waals surface area contributed by atoms with Crippen molar-refractivity contribution in [2.24, 2.45) is 11.8 Å². The molecule has 0 fully saturated rings. The summed E-state index contributed by atoms with van der Waals surface area (Å²) in [6.07, 6.45) is 4.93. The first-order valence-corrected chi connectivity index (χ1v) is 7.75. The third kappa shape index (κ3) is 5.92. The molecule has 96 valence electrons. The molecule has 0 aliphatic carbocycles. The van der Waals surface area contributed by atoms with Crippen LogP contribution in [0.15, 0.2) is 28.7 Å². The Kier molecular flexibility index (Phi) is 7.22. The van der Waals surface area contributed by atoms with Crippen molar-refractivity contribution < 1.29 is 0 Å². The number of alkyl halides is 1. The van der Waals surface area contributed by atoms with Gasteiger partial charge in [0.25, 0.3) is 0 Å². The van der Waals surface area contributed by atoms with Gasteiger partial charge in [-0.2, -0.15) is 0 Å². The van der Waals surface area contributed by atoms with Crippen molar-refractivity contribution in [2.75, 3.05) is 5.88 Å². The molecular weight excluding hydrogens is 296 g/mol. The zero-order valence-corrected chi connectivity index (χ0v) is 13.1. The topological polar surface area (TPSA) is 0 Å². The van der Waals surface area contributed by atoms with Crippen molar-refractivity contribution in [2.45, 2.75) is 39.5 Å². The van der Waals surface area contributed by atoms with Crippen LogP contribution in [0.2, 0.25) is 0 Å². The predicted molar refractivity (Wildman–Crippen MR) is 80.7 cm³/mol. The molecule has 0 saturated carbocycles. The zero-order chi connectivity index (χ0) is 12.7. The largest absolute Gasteiger partial charge is 0.126 e. The molecule has 1 aromatic carbocycles. The molecule has 0 saturated heterocycles. The fraction of sp³-hybridized carbons (Fsp3) is 0.600. The minimum absolute atomic E-state index is 0.606. The van der Waals surface area contributed by atoms with E-state index in [1.54, 1.807) is 0 Å². The van der Waals surface area contributed by atoms with Gasteiger partial charge in [0.05, 0.1) is 0 Å². The lowest BCUT2D eigenvalue weighted by atomic mass is 9.94. The predicted octanol–water partition coefficient (Wildman–Crippen LogP) is 5.67. The average Bonchev–Trinajstić information content (AvgIpc) is 2.30. The first-order chi connectivity index (χ1) is 8.13. The minimum Gasteiger partial charge on any atom is -0.126 e. The standard InChI is InChI=1S/C15H22BrCl/c1-12(2)6-5-7-13(11-17)10-14-8-3-4-9-15(14)16/h3-4,8-9,12-13H,5-7,10-11H2,1-2H3. The molecule has 1 aromatic rings. The van der Waals surface area contributed by atoms with Gasteiger partial charge in [-0.1, -0.05) is 60.8 Å². The lowest BCUT2D eigenvalue weighted by Crippen LogP contribution is -2.07. The van der Waals surface area contributed by atoms with Crippen LogP contribution in [-0.2, 0) is 6.42 Å². The monoisotopic (exact) mass is 316 g/mol. The minimum atomic E-state index is 0.606. The maximum atomic E-state index is 6.07. The van der Waals surface area contributed by atoms with Crippen molar-refractivity contribution in [1.82, 2.24) is 0 Å². The summed E-state index contributed by atoms with van der Waals surface area (Å²) in [6.45, 7) is 4.56. The van der Waals surface area contributed by atoms with Crippen molar-refractivity contribution in [3.63, 3.8) is 0 Å². The van der Waals surface area contributed by atoms with Gasteiger partial charge in [-0.3, -0.25) is 0 Å². The van der Waals surface area contributed by atoms with E-state index in [9.17, 15) is 0 Å². The first kappa shape index (κ1) is 15.0. The molecule has 0 N–H and O–H groups in total. The second-order valence-corrected chi connectivity index (χ2v) is 6.30. The lowest BCUT2D eigenvalue weighted by Gasteiger charge is -2.15. The Morgan fingerprint density at radius 3 is 2.47 bits per heavy atom. The Morgan fingerprint density at radius 2 is 1.88 bits per heavy atom. The van der Waals surface area contributed by atoms with Crippen LogP contribution in [0.3, 0.4) is 0 Å². The fourth-order valence-electron chi connectivity index (χ4n) is 2.02. The molecule has 0 bridgehead atoms. The van der Waals surface area contributed by atoms with Gasteiger partial charge >= 0.3 is 0 Å². The maximum Gasteiger partial charge on any atom is 0.0254 e. The molecular formula is C15H22BrCl.